The van der Waals surface area contributed by atoms with Gasteiger partial charge in [-0.3, -0.25) is 35.1 Å². The first-order chi connectivity index (χ1) is 27.7. The van der Waals surface area contributed by atoms with E-state index in [0.29, 0.717) is 0 Å². The van der Waals surface area contributed by atoms with Crippen molar-refractivity contribution in [3.63, 3.8) is 0 Å². The molecule has 0 bridgehead atoms. The van der Waals surface area contributed by atoms with Gasteiger partial charge in [-0.2, -0.15) is 0 Å². The zero-order valence-electron chi connectivity index (χ0n) is 31.4. The van der Waals surface area contributed by atoms with Crippen LogP contribution in [0.1, 0.15) is 22.3 Å². The van der Waals surface area contributed by atoms with Crippen LogP contribution in [0, 0.1) is 168 Å². The Bertz CT molecular complexity index is 1950. The van der Waals surface area contributed by atoms with Gasteiger partial charge in [-0.05, 0) is 27.7 Å². The van der Waals surface area contributed by atoms with Gasteiger partial charge in [0.2, 0.25) is 0 Å². The number of aryl methyl sites for hydroxylation is 4. The molecular weight excluding hydrogens is 1290 g/mol. The molecule has 6 aromatic rings. The van der Waals surface area contributed by atoms with E-state index in [0.717, 1.165) is 24.3 Å². The summed E-state index contributed by atoms with van der Waals surface area (Å²) >= 11 is 0. The van der Waals surface area contributed by atoms with Crippen molar-refractivity contribution < 1.29 is 177 Å². The molecule has 0 aliphatic carbocycles. The molecule has 0 heterocycles. The van der Waals surface area contributed by atoms with Crippen LogP contribution in [0.5, 0.6) is 0 Å². The summed E-state index contributed by atoms with van der Waals surface area (Å²) in [5, 5.41) is 0. The number of rotatable bonds is 0. The molecule has 0 saturated heterocycles. The fraction of sp³-hybridized carbons (Fsp3) is 0.100. The Morgan fingerprint density at radius 1 is 0.203 bits per heavy atom. The summed E-state index contributed by atoms with van der Waals surface area (Å²) in [6.45, 7) is 8.39. The summed E-state index contributed by atoms with van der Waals surface area (Å²) < 4.78 is 239. The minimum atomic E-state index is -2.17. The van der Waals surface area contributed by atoms with E-state index in [2.05, 4.69) is 76.2 Å². The van der Waals surface area contributed by atoms with Gasteiger partial charge in [-0.1, -0.05) is 70.8 Å². The third-order valence-electron chi connectivity index (χ3n) is 6.40. The Morgan fingerprint density at radius 2 is 0.297 bits per heavy atom. The van der Waals surface area contributed by atoms with Crippen LogP contribution >= 0.6 is 0 Å². The molecule has 0 atom stereocenters. The summed E-state index contributed by atoms with van der Waals surface area (Å²) in [5.74, 6) is -40.2. The first-order valence-electron chi connectivity index (χ1n) is 15.4. The molecule has 0 aliphatic rings. The van der Waals surface area contributed by atoms with Crippen molar-refractivity contribution in [1.82, 2.24) is 0 Å². The zero-order valence-corrected chi connectivity index (χ0v) is 37.3. The van der Waals surface area contributed by atoms with Gasteiger partial charge < -0.3 is 0 Å². The van der Waals surface area contributed by atoms with Crippen LogP contribution in [0.25, 0.3) is 0 Å². The smallest absolute Gasteiger partial charge is 0.278 e. The maximum atomic E-state index is 12.0. The van der Waals surface area contributed by atoms with Gasteiger partial charge in [0.25, 0.3) is 0 Å². The third kappa shape index (κ3) is 21.0. The quantitative estimate of drug-likeness (QED) is 0.0467. The summed E-state index contributed by atoms with van der Waals surface area (Å²) in [7, 11) is 0. The van der Waals surface area contributed by atoms with E-state index in [4.69, 9.17) is 0 Å². The van der Waals surface area contributed by atoms with E-state index in [1.165, 1.54) is 22.3 Å². The maximum absolute atomic E-state index is 12.0. The average molecular weight is 1310 g/mol. The van der Waals surface area contributed by atoms with E-state index >= 15 is 0 Å². The fourth-order valence-electron chi connectivity index (χ4n) is 3.25. The predicted octanol–water partition coefficient (Wildman–Crippen LogP) is 13.3. The van der Waals surface area contributed by atoms with Gasteiger partial charge >= 0.3 is 89.5 Å². The molecule has 0 N–H and O–H groups in total. The Morgan fingerprint density at radius 3 is 0.391 bits per heavy atom. The topological polar surface area (TPSA) is 0 Å². The van der Waals surface area contributed by atoms with Crippen molar-refractivity contribution in [2.75, 3.05) is 0 Å². The molecule has 64 heavy (non-hydrogen) atoms. The molecule has 364 valence electrons. The zero-order chi connectivity index (χ0) is 46.3. The molecule has 6 aromatic carbocycles. The molecule has 0 fully saturated rings. The number of benzene rings is 6. The van der Waals surface area contributed by atoms with Gasteiger partial charge in [0.05, 0.1) is 116 Å². The molecule has 6 rings (SSSR count). The van der Waals surface area contributed by atoms with Crippen LogP contribution in [-0.4, -0.2) is 0 Å². The first-order valence-corrected chi connectivity index (χ1v) is 15.4. The molecule has 0 aliphatic heterocycles. The molecule has 0 amide bonds. The molecule has 24 heteroatoms. The van der Waals surface area contributed by atoms with E-state index in [1.807, 2.05) is 0 Å². The SMILES string of the molecule is Cc1ccc(C)cc1.Cc1ccc(C)cc1.Fc1[c-]c(F)c(F)c(F)c1F.Fc1[c-]c(F)c(F)c(F)c1F.Fc1[c-]c(F)c(F)c(F)c1F.Fc1[c-]c(F)c(F)c(F)c1F.[Ag+].[Ag+].[Ag+].[Ag+]. The summed E-state index contributed by atoms with van der Waals surface area (Å²) in [6, 6.07) is 21.1. The maximum Gasteiger partial charge on any atom is 1.00 e. The Balaban J connectivity index is -0.000000335. The van der Waals surface area contributed by atoms with Crippen molar-refractivity contribution >= 4 is 0 Å². The molecule has 0 saturated carbocycles. The molecule has 0 unspecified atom stereocenters. The minimum absolute atomic E-state index is 0. The van der Waals surface area contributed by atoms with Crippen LogP contribution in [0.2, 0.25) is 0 Å². The van der Waals surface area contributed by atoms with Crippen molar-refractivity contribution in [3.05, 3.63) is 211 Å². The van der Waals surface area contributed by atoms with Gasteiger partial charge in [0.1, 0.15) is 0 Å². The van der Waals surface area contributed by atoms with E-state index < -0.39 is 116 Å². The predicted molar refractivity (Wildman–Crippen MR) is 172 cm³/mol. The largest absolute Gasteiger partial charge is 1.00 e. The Hall–Kier alpha value is -3.12. The van der Waals surface area contributed by atoms with Crippen molar-refractivity contribution in [1.29, 1.82) is 0 Å². The Kier molecular flexibility index (Phi) is 33.5. The van der Waals surface area contributed by atoms with Gasteiger partial charge in [-0.15, -0.1) is 24.3 Å². The second kappa shape index (κ2) is 31.7. The fourth-order valence-corrected chi connectivity index (χ4v) is 3.25. The second-order valence-corrected chi connectivity index (χ2v) is 11.1. The molecule has 0 radical (unpaired) electrons. The minimum Gasteiger partial charge on any atom is -0.278 e. The number of halogens is 20. The molecular formula is C40H20Ag4F20. The van der Waals surface area contributed by atoms with Crippen molar-refractivity contribution in [2.45, 2.75) is 27.7 Å². The van der Waals surface area contributed by atoms with Crippen LogP contribution in [0.15, 0.2) is 48.5 Å². The van der Waals surface area contributed by atoms with Crippen molar-refractivity contribution in [3.8, 4) is 0 Å². The standard InChI is InChI=1S/2C8H10.4C6F5.4Ag/c2*1-7-3-5-8(2)6-4-7;4*7-2-1-3(8)5(10)6(11)4(2)9;;;;/h2*3-6H,1-2H3;;;;;;;;/q;;4*-1;4*+1. The van der Waals surface area contributed by atoms with Crippen LogP contribution in [0.4, 0.5) is 87.8 Å². The monoisotopic (exact) mass is 1310 g/mol. The molecule has 0 spiro atoms. The normalized spacial score (nSPS) is 9.38. The molecule has 0 aromatic heterocycles. The number of hydrogen-bond acceptors (Lipinski definition) is 0. The molecule has 0 nitrogen and oxygen atoms in total. The van der Waals surface area contributed by atoms with E-state index in [-0.39, 0.29) is 89.5 Å². The van der Waals surface area contributed by atoms with Gasteiger partial charge in [0, 0.05) is 0 Å². The summed E-state index contributed by atoms with van der Waals surface area (Å²) in [5.41, 5.74) is 5.32. The van der Waals surface area contributed by atoms with Crippen LogP contribution in [0.3, 0.4) is 0 Å². The van der Waals surface area contributed by atoms with Gasteiger partial charge in [0.15, 0.2) is 0 Å². The average Bonchev–Trinajstić information content (AvgIpc) is 3.21. The third-order valence-corrected chi connectivity index (χ3v) is 6.40. The van der Waals surface area contributed by atoms with E-state index in [1.54, 1.807) is 0 Å². The summed E-state index contributed by atoms with van der Waals surface area (Å²) in [6.07, 6.45) is 0. The Labute approximate surface area is 413 Å². The van der Waals surface area contributed by atoms with Crippen molar-refractivity contribution in [2.24, 2.45) is 0 Å². The van der Waals surface area contributed by atoms with Gasteiger partial charge in [-0.25, -0.2) is 52.7 Å². The second-order valence-electron chi connectivity index (χ2n) is 11.1. The van der Waals surface area contributed by atoms with E-state index in [9.17, 15) is 87.8 Å². The van der Waals surface area contributed by atoms with Crippen LogP contribution in [-0.2, 0) is 89.5 Å². The first kappa shape index (κ1) is 67.5. The number of hydrogen-bond donors (Lipinski definition) is 0. The summed E-state index contributed by atoms with van der Waals surface area (Å²) in [4.78, 5) is 0. The van der Waals surface area contributed by atoms with Crippen LogP contribution < -0.4 is 0 Å².